The molecule has 2 aromatic carbocycles. The van der Waals surface area contributed by atoms with Gasteiger partial charge in [0.2, 0.25) is 5.95 Å². The molecule has 0 radical (unpaired) electrons. The number of nitrogens with zero attached hydrogens (tertiary/aromatic N) is 6. The topological polar surface area (TPSA) is 101 Å². The average Bonchev–Trinajstić information content (AvgIpc) is 3.63. The van der Waals surface area contributed by atoms with Crippen LogP contribution in [0.2, 0.25) is 0 Å². The van der Waals surface area contributed by atoms with Gasteiger partial charge in [0.1, 0.15) is 16.9 Å². The van der Waals surface area contributed by atoms with Crippen LogP contribution in [-0.4, -0.2) is 61.0 Å². The second kappa shape index (κ2) is 10.9. The number of hydrogen-bond donors (Lipinski definition) is 2. The Morgan fingerprint density at radius 1 is 1.13 bits per heavy atom. The lowest BCUT2D eigenvalue weighted by Crippen LogP contribution is -2.35. The van der Waals surface area contributed by atoms with E-state index in [-0.39, 0.29) is 12.7 Å². The number of benzene rings is 2. The van der Waals surface area contributed by atoms with Crippen LogP contribution in [0.15, 0.2) is 66.4 Å². The summed E-state index contributed by atoms with van der Waals surface area (Å²) in [6.07, 6.45) is 7.63. The summed E-state index contributed by atoms with van der Waals surface area (Å²) in [5.41, 5.74) is 4.42. The zero-order valence-electron chi connectivity index (χ0n) is 21.1. The summed E-state index contributed by atoms with van der Waals surface area (Å²) in [6.45, 7) is 2.66. The molecule has 0 bridgehead atoms. The van der Waals surface area contributed by atoms with E-state index >= 15 is 0 Å². The molecule has 194 valence electrons. The molecule has 2 N–H and O–H groups in total. The molecule has 0 amide bonds. The maximum atomic E-state index is 9.53. The van der Waals surface area contributed by atoms with Gasteiger partial charge in [0.05, 0.1) is 29.9 Å². The largest absolute Gasteiger partial charge is 0.490 e. The van der Waals surface area contributed by atoms with Crippen molar-refractivity contribution in [2.75, 3.05) is 25.5 Å². The van der Waals surface area contributed by atoms with Gasteiger partial charge >= 0.3 is 0 Å². The molecule has 0 aliphatic carbocycles. The highest BCUT2D eigenvalue weighted by Gasteiger charge is 2.21. The van der Waals surface area contributed by atoms with Gasteiger partial charge < -0.3 is 20.1 Å². The fraction of sp³-hybridized carbons (Fsp3) is 0.286. The number of likely N-dealkylation sites (tertiary alicyclic amines) is 1. The summed E-state index contributed by atoms with van der Waals surface area (Å²) in [5.74, 6) is 1.28. The molecule has 1 aliphatic rings. The molecular formula is C28H29N7O2S. The Morgan fingerprint density at radius 3 is 2.71 bits per heavy atom. The smallest absolute Gasteiger partial charge is 0.227 e. The maximum absolute atomic E-state index is 9.53. The van der Waals surface area contributed by atoms with Gasteiger partial charge in [-0.05, 0) is 49.7 Å². The molecule has 38 heavy (non-hydrogen) atoms. The highest BCUT2D eigenvalue weighted by Crippen LogP contribution is 2.37. The summed E-state index contributed by atoms with van der Waals surface area (Å²) in [7, 11) is 2.14. The Balaban J connectivity index is 1.27. The van der Waals surface area contributed by atoms with Gasteiger partial charge in [-0.3, -0.25) is 4.68 Å². The van der Waals surface area contributed by atoms with Gasteiger partial charge in [-0.2, -0.15) is 5.10 Å². The minimum atomic E-state index is -0.0857. The SMILES string of the molecule is CN1CCC(Oc2cc3nc(Nc4ccc(Cn5cccn5)cc4)ncc3cc2-c2nc(CO)cs2)CC1. The van der Waals surface area contributed by atoms with Crippen LogP contribution in [0.5, 0.6) is 5.75 Å². The number of aliphatic hydroxyl groups is 1. The van der Waals surface area contributed by atoms with Gasteiger partial charge in [-0.1, -0.05) is 12.1 Å². The fourth-order valence-corrected chi connectivity index (χ4v) is 5.41. The van der Waals surface area contributed by atoms with E-state index in [1.54, 1.807) is 6.20 Å². The Morgan fingerprint density at radius 2 is 1.97 bits per heavy atom. The van der Waals surface area contributed by atoms with Crippen molar-refractivity contribution >= 4 is 33.9 Å². The molecule has 5 aromatic rings. The number of piperidine rings is 1. The predicted octanol–water partition coefficient (Wildman–Crippen LogP) is 4.71. The minimum Gasteiger partial charge on any atom is -0.490 e. The predicted molar refractivity (Wildman–Crippen MR) is 149 cm³/mol. The van der Waals surface area contributed by atoms with Crippen LogP contribution in [0, 0.1) is 0 Å². The van der Waals surface area contributed by atoms with Crippen molar-refractivity contribution in [2.24, 2.45) is 0 Å². The van der Waals surface area contributed by atoms with E-state index < -0.39 is 0 Å². The zero-order valence-corrected chi connectivity index (χ0v) is 21.9. The van der Waals surface area contributed by atoms with Crippen LogP contribution in [0.25, 0.3) is 21.5 Å². The van der Waals surface area contributed by atoms with Gasteiger partial charge in [0, 0.05) is 54.2 Å². The third-order valence-corrected chi connectivity index (χ3v) is 7.62. The van der Waals surface area contributed by atoms with E-state index in [0.29, 0.717) is 11.6 Å². The van der Waals surface area contributed by atoms with Crippen molar-refractivity contribution in [3.8, 4) is 16.3 Å². The monoisotopic (exact) mass is 527 g/mol. The molecule has 9 nitrogen and oxygen atoms in total. The van der Waals surface area contributed by atoms with Gasteiger partial charge in [-0.15, -0.1) is 11.3 Å². The summed E-state index contributed by atoms with van der Waals surface area (Å²) in [5, 5.41) is 20.7. The molecule has 6 rings (SSSR count). The summed E-state index contributed by atoms with van der Waals surface area (Å²) < 4.78 is 8.44. The molecular weight excluding hydrogens is 498 g/mol. The molecule has 0 spiro atoms. The molecule has 4 heterocycles. The van der Waals surface area contributed by atoms with Crippen molar-refractivity contribution < 1.29 is 9.84 Å². The zero-order chi connectivity index (χ0) is 25.9. The molecule has 0 saturated carbocycles. The number of thiazole rings is 1. The van der Waals surface area contributed by atoms with E-state index in [1.165, 1.54) is 11.3 Å². The number of aliphatic hydroxyl groups excluding tert-OH is 1. The van der Waals surface area contributed by atoms with Gasteiger partial charge in [-0.25, -0.2) is 15.0 Å². The number of fused-ring (bicyclic) bond motifs is 1. The van der Waals surface area contributed by atoms with Crippen molar-refractivity contribution in [3.63, 3.8) is 0 Å². The normalized spacial score (nSPS) is 14.7. The number of anilines is 2. The van der Waals surface area contributed by atoms with E-state index in [4.69, 9.17) is 9.72 Å². The van der Waals surface area contributed by atoms with Crippen LogP contribution in [0.1, 0.15) is 24.1 Å². The minimum absolute atomic E-state index is 0.0857. The van der Waals surface area contributed by atoms with Crippen molar-refractivity contribution in [1.29, 1.82) is 0 Å². The number of aromatic nitrogens is 5. The summed E-state index contributed by atoms with van der Waals surface area (Å²) in [6, 6.07) is 14.1. The third kappa shape index (κ3) is 5.52. The second-order valence-corrected chi connectivity index (χ2v) is 10.4. The van der Waals surface area contributed by atoms with E-state index in [9.17, 15) is 5.11 Å². The Kier molecular flexibility index (Phi) is 7.00. The average molecular weight is 528 g/mol. The highest BCUT2D eigenvalue weighted by atomic mass is 32.1. The quantitative estimate of drug-likeness (QED) is 0.299. The molecule has 10 heteroatoms. The molecule has 1 aliphatic heterocycles. The second-order valence-electron chi connectivity index (χ2n) is 9.55. The molecule has 0 unspecified atom stereocenters. The van der Waals surface area contributed by atoms with Crippen LogP contribution in [0.3, 0.4) is 0 Å². The van der Waals surface area contributed by atoms with Crippen LogP contribution in [-0.2, 0) is 13.2 Å². The summed E-state index contributed by atoms with van der Waals surface area (Å²) in [4.78, 5) is 16.3. The first-order valence-electron chi connectivity index (χ1n) is 12.7. The van der Waals surface area contributed by atoms with Crippen LogP contribution >= 0.6 is 11.3 Å². The Labute approximate surface area is 224 Å². The first-order valence-corrected chi connectivity index (χ1v) is 13.6. The van der Waals surface area contributed by atoms with Gasteiger partial charge in [0.25, 0.3) is 0 Å². The fourth-order valence-electron chi connectivity index (χ4n) is 4.57. The Bertz CT molecular complexity index is 1510. The van der Waals surface area contributed by atoms with E-state index in [1.807, 2.05) is 52.8 Å². The van der Waals surface area contributed by atoms with Crippen molar-refractivity contribution in [1.82, 2.24) is 29.6 Å². The lowest BCUT2D eigenvalue weighted by Gasteiger charge is -2.29. The van der Waals surface area contributed by atoms with E-state index in [0.717, 1.165) is 71.0 Å². The standard InChI is InChI=1S/C28H29N7O2S/c1-34-11-7-23(8-12-34)37-26-14-25-20(13-24(26)27-31-22(17-36)18-38-27)15-29-28(33-25)32-21-5-3-19(4-6-21)16-35-10-2-9-30-35/h2-6,9-10,13-15,18,23,36H,7-8,11-12,16-17H2,1H3,(H,29,32,33). The molecule has 1 fully saturated rings. The number of rotatable bonds is 8. The molecule has 3 aromatic heterocycles. The Hall–Kier alpha value is -3.86. The van der Waals surface area contributed by atoms with Crippen LogP contribution < -0.4 is 10.1 Å². The first kappa shape index (κ1) is 24.5. The lowest BCUT2D eigenvalue weighted by molar-refractivity contribution is 0.115. The van der Waals surface area contributed by atoms with Crippen molar-refractivity contribution in [3.05, 3.63) is 77.7 Å². The highest BCUT2D eigenvalue weighted by molar-refractivity contribution is 7.13. The van der Waals surface area contributed by atoms with Crippen LogP contribution in [0.4, 0.5) is 11.6 Å². The third-order valence-electron chi connectivity index (χ3n) is 6.70. The van der Waals surface area contributed by atoms with E-state index in [2.05, 4.69) is 44.5 Å². The lowest BCUT2D eigenvalue weighted by atomic mass is 10.1. The van der Waals surface area contributed by atoms with Gasteiger partial charge in [0.15, 0.2) is 0 Å². The molecule has 0 atom stereocenters. The molecule has 1 saturated heterocycles. The maximum Gasteiger partial charge on any atom is 0.227 e. The first-order chi connectivity index (χ1) is 18.6. The number of ether oxygens (including phenoxy) is 1. The van der Waals surface area contributed by atoms with Crippen molar-refractivity contribution in [2.45, 2.75) is 32.1 Å². The number of nitrogens with one attached hydrogen (secondary N) is 1. The number of hydrogen-bond acceptors (Lipinski definition) is 9. The summed E-state index contributed by atoms with van der Waals surface area (Å²) >= 11 is 1.50.